The summed E-state index contributed by atoms with van der Waals surface area (Å²) in [6, 6.07) is 7.70. The van der Waals surface area contributed by atoms with Crippen LogP contribution in [0.3, 0.4) is 0 Å². The summed E-state index contributed by atoms with van der Waals surface area (Å²) in [6.07, 6.45) is 1.75. The van der Waals surface area contributed by atoms with Crippen molar-refractivity contribution in [3.05, 3.63) is 35.7 Å². The van der Waals surface area contributed by atoms with Gasteiger partial charge in [-0.25, -0.2) is 4.68 Å². The molecule has 0 aliphatic rings. The van der Waals surface area contributed by atoms with Crippen LogP contribution in [0.25, 0.3) is 5.69 Å². The number of aromatic hydroxyl groups is 1. The quantitative estimate of drug-likeness (QED) is 0.905. The third kappa shape index (κ3) is 2.64. The molecule has 0 amide bonds. The highest BCUT2D eigenvalue weighted by molar-refractivity contribution is 5.44. The minimum atomic E-state index is 0.204. The highest BCUT2D eigenvalue weighted by atomic mass is 16.5. The second kappa shape index (κ2) is 5.99. The second-order valence-corrected chi connectivity index (χ2v) is 5.20. The van der Waals surface area contributed by atoms with Gasteiger partial charge in [0.05, 0.1) is 18.5 Å². The number of hydrogen-bond donors (Lipinski definition) is 1. The number of ether oxygens (including phenoxy) is 1. The fraction of sp³-hybridized carbons (Fsp3) is 0.438. The van der Waals surface area contributed by atoms with Gasteiger partial charge in [-0.15, -0.1) is 0 Å². The average molecular weight is 274 g/mol. The maximum absolute atomic E-state index is 10.4. The minimum Gasteiger partial charge on any atom is -0.504 e. The Bertz CT molecular complexity index is 571. The van der Waals surface area contributed by atoms with Gasteiger partial charge in [0, 0.05) is 0 Å². The van der Waals surface area contributed by atoms with Gasteiger partial charge in [0.1, 0.15) is 11.4 Å². The Labute approximate surface area is 120 Å². The van der Waals surface area contributed by atoms with Crippen LogP contribution in [0, 0.1) is 0 Å². The van der Waals surface area contributed by atoms with Gasteiger partial charge in [0.15, 0.2) is 5.75 Å². The molecule has 0 aliphatic carbocycles. The zero-order chi connectivity index (χ0) is 14.7. The second-order valence-electron chi connectivity index (χ2n) is 5.20. The molecule has 1 aromatic heterocycles. The van der Waals surface area contributed by atoms with Crippen LogP contribution >= 0.6 is 0 Å². The summed E-state index contributed by atoms with van der Waals surface area (Å²) >= 11 is 0. The van der Waals surface area contributed by atoms with Crippen LogP contribution < -0.4 is 4.74 Å². The molecule has 0 bridgehead atoms. The van der Waals surface area contributed by atoms with Gasteiger partial charge < -0.3 is 9.84 Å². The van der Waals surface area contributed by atoms with Gasteiger partial charge >= 0.3 is 0 Å². The topological polar surface area (TPSA) is 47.3 Å². The lowest BCUT2D eigenvalue weighted by molar-refractivity contribution is 0.414. The van der Waals surface area contributed by atoms with Crippen molar-refractivity contribution >= 4 is 0 Å². The molecular weight excluding hydrogens is 252 g/mol. The fourth-order valence-electron chi connectivity index (χ4n) is 2.31. The lowest BCUT2D eigenvalue weighted by Crippen LogP contribution is -2.04. The van der Waals surface area contributed by atoms with Crippen LogP contribution in [-0.2, 0) is 6.42 Å². The third-order valence-electron chi connectivity index (χ3n) is 3.32. The molecule has 0 aliphatic heterocycles. The van der Waals surface area contributed by atoms with Gasteiger partial charge in [-0.05, 0) is 36.6 Å². The van der Waals surface area contributed by atoms with Crippen molar-refractivity contribution in [2.75, 3.05) is 7.11 Å². The highest BCUT2D eigenvalue weighted by Crippen LogP contribution is 2.32. The number of rotatable bonds is 5. The third-order valence-corrected chi connectivity index (χ3v) is 3.32. The van der Waals surface area contributed by atoms with Crippen LogP contribution in [0.15, 0.2) is 24.3 Å². The molecule has 0 radical (unpaired) electrons. The van der Waals surface area contributed by atoms with Gasteiger partial charge in [0.2, 0.25) is 0 Å². The maximum Gasteiger partial charge on any atom is 0.160 e. The summed E-state index contributed by atoms with van der Waals surface area (Å²) in [7, 11) is 1.65. The predicted molar refractivity (Wildman–Crippen MR) is 79.9 cm³/mol. The van der Waals surface area contributed by atoms with E-state index in [2.05, 4.69) is 25.9 Å². The van der Waals surface area contributed by atoms with Crippen molar-refractivity contribution in [3.8, 4) is 17.2 Å². The molecule has 0 atom stereocenters. The van der Waals surface area contributed by atoms with Crippen molar-refractivity contribution in [1.29, 1.82) is 0 Å². The van der Waals surface area contributed by atoms with Crippen LogP contribution in [0.1, 0.15) is 44.5 Å². The van der Waals surface area contributed by atoms with E-state index in [1.165, 1.54) is 0 Å². The van der Waals surface area contributed by atoms with E-state index >= 15 is 0 Å². The first-order valence-electron chi connectivity index (χ1n) is 7.03. The van der Waals surface area contributed by atoms with Gasteiger partial charge in [0.25, 0.3) is 0 Å². The first kappa shape index (κ1) is 14.4. The molecule has 0 fully saturated rings. The molecular formula is C16H22N2O2. The Morgan fingerprint density at radius 2 is 1.90 bits per heavy atom. The standard InChI is InChI=1S/C16H22N2O2/c1-5-6-14-16(19)15(11(2)3)18(17-14)12-7-9-13(20-4)10-8-12/h7-11,19H,5-6H2,1-4H3. The smallest absolute Gasteiger partial charge is 0.160 e. The molecule has 4 nitrogen and oxygen atoms in total. The Morgan fingerprint density at radius 1 is 1.25 bits per heavy atom. The van der Waals surface area contributed by atoms with Crippen LogP contribution in [0.4, 0.5) is 0 Å². The molecule has 0 saturated carbocycles. The van der Waals surface area contributed by atoms with E-state index in [0.29, 0.717) is 5.75 Å². The summed E-state index contributed by atoms with van der Waals surface area (Å²) in [5.41, 5.74) is 2.57. The van der Waals surface area contributed by atoms with E-state index in [-0.39, 0.29) is 5.92 Å². The number of aromatic nitrogens is 2. The zero-order valence-corrected chi connectivity index (χ0v) is 12.6. The largest absolute Gasteiger partial charge is 0.504 e. The minimum absolute atomic E-state index is 0.204. The number of benzene rings is 1. The van der Waals surface area contributed by atoms with Gasteiger partial charge in [-0.1, -0.05) is 27.2 Å². The normalized spacial score (nSPS) is 11.1. The molecule has 0 spiro atoms. The molecule has 1 N–H and O–H groups in total. The number of methoxy groups -OCH3 is 1. The van der Waals surface area contributed by atoms with Gasteiger partial charge in [-0.2, -0.15) is 5.10 Å². The summed E-state index contributed by atoms with van der Waals surface area (Å²) < 4.78 is 7.01. The Morgan fingerprint density at radius 3 is 2.40 bits per heavy atom. The Kier molecular flexibility index (Phi) is 4.32. The summed E-state index contributed by atoms with van der Waals surface area (Å²) in [5.74, 6) is 1.35. The van der Waals surface area contributed by atoms with Crippen molar-refractivity contribution in [2.45, 2.75) is 39.5 Å². The monoisotopic (exact) mass is 274 g/mol. The molecule has 2 rings (SSSR count). The molecule has 4 heteroatoms. The van der Waals surface area contributed by atoms with Crippen molar-refractivity contribution in [3.63, 3.8) is 0 Å². The molecule has 2 aromatic rings. The fourth-order valence-corrected chi connectivity index (χ4v) is 2.31. The lowest BCUT2D eigenvalue weighted by atomic mass is 10.1. The summed E-state index contributed by atoms with van der Waals surface area (Å²) in [6.45, 7) is 6.21. The van der Waals surface area contributed by atoms with Crippen molar-refractivity contribution in [1.82, 2.24) is 9.78 Å². The summed E-state index contributed by atoms with van der Waals surface area (Å²) in [5, 5.41) is 14.9. The van der Waals surface area contributed by atoms with E-state index < -0.39 is 0 Å². The molecule has 1 aromatic carbocycles. The van der Waals surface area contributed by atoms with Gasteiger partial charge in [-0.3, -0.25) is 0 Å². The molecule has 1 heterocycles. The van der Waals surface area contributed by atoms with E-state index in [4.69, 9.17) is 4.74 Å². The Hall–Kier alpha value is -1.97. The van der Waals surface area contributed by atoms with Crippen LogP contribution in [0.5, 0.6) is 11.5 Å². The van der Waals surface area contributed by atoms with Crippen LogP contribution in [0.2, 0.25) is 0 Å². The predicted octanol–water partition coefficient (Wildman–Crippen LogP) is 3.66. The van der Waals surface area contributed by atoms with E-state index in [1.807, 2.05) is 28.9 Å². The summed E-state index contributed by atoms with van der Waals surface area (Å²) in [4.78, 5) is 0. The lowest BCUT2D eigenvalue weighted by Gasteiger charge is -2.10. The van der Waals surface area contributed by atoms with E-state index in [0.717, 1.165) is 35.7 Å². The first-order chi connectivity index (χ1) is 9.58. The van der Waals surface area contributed by atoms with Crippen molar-refractivity contribution in [2.24, 2.45) is 0 Å². The molecule has 0 saturated heterocycles. The maximum atomic E-state index is 10.4. The zero-order valence-electron chi connectivity index (χ0n) is 12.6. The van der Waals surface area contributed by atoms with Crippen molar-refractivity contribution < 1.29 is 9.84 Å². The van der Waals surface area contributed by atoms with E-state index in [9.17, 15) is 5.11 Å². The molecule has 0 unspecified atom stereocenters. The highest BCUT2D eigenvalue weighted by Gasteiger charge is 2.20. The average Bonchev–Trinajstić information content (AvgIpc) is 2.77. The van der Waals surface area contributed by atoms with Crippen LogP contribution in [-0.4, -0.2) is 22.0 Å². The Balaban J connectivity index is 2.50. The number of aryl methyl sites for hydroxylation is 1. The molecule has 20 heavy (non-hydrogen) atoms. The first-order valence-corrected chi connectivity index (χ1v) is 7.03. The number of nitrogens with zero attached hydrogens (tertiary/aromatic N) is 2. The SMILES string of the molecule is CCCc1nn(-c2ccc(OC)cc2)c(C(C)C)c1O. The van der Waals surface area contributed by atoms with E-state index in [1.54, 1.807) is 7.11 Å². The number of hydrogen-bond acceptors (Lipinski definition) is 3. The molecule has 108 valence electrons.